The van der Waals surface area contributed by atoms with Crippen LogP contribution in [0, 0.1) is 17.0 Å². The van der Waals surface area contributed by atoms with E-state index in [2.05, 4.69) is 10.5 Å². The number of nitro groups is 1. The van der Waals surface area contributed by atoms with Gasteiger partial charge in [-0.15, -0.1) is 0 Å². The number of hydrogen-bond donors (Lipinski definition) is 1. The molecule has 1 aromatic heterocycles. The first kappa shape index (κ1) is 16.2. The molecule has 1 N–H and O–H groups in total. The molecule has 1 heterocycles. The van der Waals surface area contributed by atoms with Gasteiger partial charge in [-0.1, -0.05) is 12.1 Å². The van der Waals surface area contributed by atoms with Gasteiger partial charge in [-0.3, -0.25) is 14.9 Å². The molecule has 8 nitrogen and oxygen atoms in total. The fraction of sp³-hybridized carbons (Fsp3) is 0.200. The van der Waals surface area contributed by atoms with Gasteiger partial charge in [0.25, 0.3) is 5.91 Å². The van der Waals surface area contributed by atoms with Crippen LogP contribution in [0.25, 0.3) is 0 Å². The Morgan fingerprint density at radius 2 is 2.13 bits per heavy atom. The lowest BCUT2D eigenvalue weighted by Crippen LogP contribution is -2.24. The molecule has 2 rings (SSSR count). The number of nitrogens with one attached hydrogen (secondary N) is 1. The zero-order chi connectivity index (χ0) is 16.8. The van der Waals surface area contributed by atoms with E-state index >= 15 is 0 Å². The van der Waals surface area contributed by atoms with Gasteiger partial charge in [0.1, 0.15) is 0 Å². The first-order chi connectivity index (χ1) is 11.0. The normalized spacial score (nSPS) is 10.7. The van der Waals surface area contributed by atoms with Gasteiger partial charge in [-0.05, 0) is 25.1 Å². The number of nitro benzene ring substituents is 1. The summed E-state index contributed by atoms with van der Waals surface area (Å²) in [5.74, 6) is -0.472. The summed E-state index contributed by atoms with van der Waals surface area (Å²) in [7, 11) is 1.89. The number of hydrogen-bond acceptors (Lipinski definition) is 5. The topological polar surface area (TPSA) is 98.8 Å². The molecule has 8 heteroatoms. The maximum absolute atomic E-state index is 11.7. The van der Waals surface area contributed by atoms with Crippen LogP contribution in [-0.2, 0) is 11.8 Å². The predicted molar refractivity (Wildman–Crippen MR) is 84.5 cm³/mol. The molecule has 120 valence electrons. The van der Waals surface area contributed by atoms with Crippen molar-refractivity contribution in [1.82, 2.24) is 9.99 Å². The molecule has 1 aromatic carbocycles. The molecule has 0 radical (unpaired) electrons. The summed E-state index contributed by atoms with van der Waals surface area (Å²) in [5.41, 5.74) is 4.02. The quantitative estimate of drug-likeness (QED) is 0.499. The van der Waals surface area contributed by atoms with Crippen LogP contribution in [0.2, 0.25) is 0 Å². The predicted octanol–water partition coefficient (Wildman–Crippen LogP) is 1.77. The summed E-state index contributed by atoms with van der Waals surface area (Å²) in [6, 6.07) is 9.66. The van der Waals surface area contributed by atoms with Gasteiger partial charge in [-0.2, -0.15) is 5.10 Å². The number of nitrogens with zero attached hydrogens (tertiary/aromatic N) is 3. The Labute approximate surface area is 132 Å². The van der Waals surface area contributed by atoms with Crippen LogP contribution in [0.3, 0.4) is 0 Å². The molecule has 0 aliphatic rings. The van der Waals surface area contributed by atoms with Gasteiger partial charge in [0.2, 0.25) is 0 Å². The third-order valence-electron chi connectivity index (χ3n) is 3.22. The number of amides is 1. The number of carbonyl (C=O) groups excluding carboxylic acids is 1. The van der Waals surface area contributed by atoms with Gasteiger partial charge in [-0.25, -0.2) is 5.43 Å². The van der Waals surface area contributed by atoms with Gasteiger partial charge in [0.05, 0.1) is 16.8 Å². The summed E-state index contributed by atoms with van der Waals surface area (Å²) in [5, 5.41) is 14.7. The molecule has 0 spiro atoms. The van der Waals surface area contributed by atoms with E-state index in [1.54, 1.807) is 6.07 Å². The molecule has 0 saturated heterocycles. The van der Waals surface area contributed by atoms with Crippen molar-refractivity contribution < 1.29 is 14.5 Å². The average Bonchev–Trinajstić information content (AvgIpc) is 2.85. The Balaban J connectivity index is 1.89. The standard InChI is InChI=1S/C15H16N4O4/c1-11-7-8-12(18(11)2)9-16-17-15(20)10-23-14-6-4-3-5-13(14)19(21)22/h3-9H,10H2,1-2H3,(H,17,20)/b16-9-. The lowest BCUT2D eigenvalue weighted by atomic mass is 10.3. The smallest absolute Gasteiger partial charge is 0.310 e. The van der Waals surface area contributed by atoms with Crippen LogP contribution in [0.5, 0.6) is 5.75 Å². The van der Waals surface area contributed by atoms with Crippen molar-refractivity contribution >= 4 is 17.8 Å². The van der Waals surface area contributed by atoms with Crippen LogP contribution >= 0.6 is 0 Å². The number of aromatic nitrogens is 1. The fourth-order valence-electron chi connectivity index (χ4n) is 1.84. The highest BCUT2D eigenvalue weighted by Gasteiger charge is 2.14. The van der Waals surface area contributed by atoms with Gasteiger partial charge < -0.3 is 9.30 Å². The zero-order valence-corrected chi connectivity index (χ0v) is 12.7. The first-order valence-electron chi connectivity index (χ1n) is 6.79. The Kier molecular flexibility index (Phi) is 5.08. The highest BCUT2D eigenvalue weighted by molar-refractivity contribution is 5.82. The Bertz CT molecular complexity index is 752. The van der Waals surface area contributed by atoms with E-state index in [1.807, 2.05) is 30.7 Å². The fourth-order valence-corrected chi connectivity index (χ4v) is 1.84. The van der Waals surface area contributed by atoms with Crippen LogP contribution in [0.1, 0.15) is 11.4 Å². The average molecular weight is 316 g/mol. The number of aryl methyl sites for hydroxylation is 1. The van der Waals surface area contributed by atoms with Crippen LogP contribution in [0.15, 0.2) is 41.5 Å². The minimum absolute atomic E-state index is 0.0367. The molecule has 0 aliphatic carbocycles. The number of carbonyl (C=O) groups is 1. The minimum atomic E-state index is -0.566. The second kappa shape index (κ2) is 7.21. The lowest BCUT2D eigenvalue weighted by molar-refractivity contribution is -0.385. The van der Waals surface area contributed by atoms with Crippen molar-refractivity contribution in [2.45, 2.75) is 6.92 Å². The number of ether oxygens (including phenoxy) is 1. The molecule has 0 atom stereocenters. The lowest BCUT2D eigenvalue weighted by Gasteiger charge is -2.05. The molecule has 2 aromatic rings. The summed E-state index contributed by atoms with van der Waals surface area (Å²) in [4.78, 5) is 21.9. The van der Waals surface area contributed by atoms with Crippen LogP contribution in [-0.4, -0.2) is 28.2 Å². The second-order valence-corrected chi connectivity index (χ2v) is 4.77. The van der Waals surface area contributed by atoms with Gasteiger partial charge in [0, 0.05) is 18.8 Å². The van der Waals surface area contributed by atoms with Crippen molar-refractivity contribution in [2.75, 3.05) is 6.61 Å². The Hall–Kier alpha value is -3.16. The third kappa shape index (κ3) is 4.16. The summed E-state index contributed by atoms with van der Waals surface area (Å²) >= 11 is 0. The molecule has 0 unspecified atom stereocenters. The monoisotopic (exact) mass is 316 g/mol. The minimum Gasteiger partial charge on any atom is -0.477 e. The molecule has 0 fully saturated rings. The summed E-state index contributed by atoms with van der Waals surface area (Å²) in [6.07, 6.45) is 1.51. The number of hydrazone groups is 1. The van der Waals surface area contributed by atoms with Crippen LogP contribution < -0.4 is 10.2 Å². The first-order valence-corrected chi connectivity index (χ1v) is 6.79. The highest BCUT2D eigenvalue weighted by Crippen LogP contribution is 2.25. The van der Waals surface area contributed by atoms with Crippen LogP contribution in [0.4, 0.5) is 5.69 Å². The highest BCUT2D eigenvalue weighted by atomic mass is 16.6. The second-order valence-electron chi connectivity index (χ2n) is 4.77. The van der Waals surface area contributed by atoms with E-state index in [4.69, 9.17) is 4.74 Å². The molecular formula is C15H16N4O4. The Morgan fingerprint density at radius 3 is 2.78 bits per heavy atom. The van der Waals surface area contributed by atoms with Crippen molar-refractivity contribution in [3.05, 3.63) is 57.9 Å². The van der Waals surface area contributed by atoms with Crippen molar-refractivity contribution in [3.63, 3.8) is 0 Å². The van der Waals surface area contributed by atoms with Gasteiger partial charge >= 0.3 is 5.69 Å². The number of para-hydroxylation sites is 2. The number of benzene rings is 1. The van der Waals surface area contributed by atoms with E-state index in [0.29, 0.717) is 0 Å². The Morgan fingerprint density at radius 1 is 1.39 bits per heavy atom. The van der Waals surface area contributed by atoms with Gasteiger partial charge in [0.15, 0.2) is 12.4 Å². The van der Waals surface area contributed by atoms with Crippen molar-refractivity contribution in [2.24, 2.45) is 12.1 Å². The van der Waals surface area contributed by atoms with Crippen molar-refractivity contribution in [1.29, 1.82) is 0 Å². The van der Waals surface area contributed by atoms with E-state index < -0.39 is 10.8 Å². The molecule has 0 saturated carbocycles. The van der Waals surface area contributed by atoms with E-state index in [9.17, 15) is 14.9 Å². The van der Waals surface area contributed by atoms with E-state index in [1.165, 1.54) is 24.4 Å². The molecule has 1 amide bonds. The third-order valence-corrected chi connectivity index (χ3v) is 3.22. The maximum atomic E-state index is 11.7. The van der Waals surface area contributed by atoms with Crippen molar-refractivity contribution in [3.8, 4) is 5.75 Å². The molecule has 0 bridgehead atoms. The number of rotatable bonds is 6. The van der Waals surface area contributed by atoms with E-state index in [0.717, 1.165) is 11.4 Å². The largest absolute Gasteiger partial charge is 0.477 e. The SMILES string of the molecule is Cc1ccc(/C=N\NC(=O)COc2ccccc2[N+](=O)[O-])n1C. The maximum Gasteiger partial charge on any atom is 0.310 e. The van der Waals surface area contributed by atoms with E-state index in [-0.39, 0.29) is 18.0 Å². The molecule has 0 aliphatic heterocycles. The molecule has 23 heavy (non-hydrogen) atoms. The zero-order valence-electron chi connectivity index (χ0n) is 12.7. The molecular weight excluding hydrogens is 300 g/mol. The summed E-state index contributed by atoms with van der Waals surface area (Å²) in [6.45, 7) is 1.59. The summed E-state index contributed by atoms with van der Waals surface area (Å²) < 4.78 is 7.07.